The molecule has 0 spiro atoms. The molecule has 0 bridgehead atoms. The maximum absolute atomic E-state index is 13.9. The average Bonchev–Trinajstić information content (AvgIpc) is 3.00. The van der Waals surface area contributed by atoms with Crippen molar-refractivity contribution in [2.24, 2.45) is 23.2 Å². The minimum Gasteiger partial charge on any atom is -0.393 e. The number of fused-ring (bicyclic) bond motifs is 1. The van der Waals surface area contributed by atoms with Gasteiger partial charge in [0, 0.05) is 6.42 Å². The molecule has 0 saturated heterocycles. The Morgan fingerprint density at radius 3 is 2.70 bits per heavy atom. The summed E-state index contributed by atoms with van der Waals surface area (Å²) in [7, 11) is 0. The minimum absolute atomic E-state index is 0.343. The second kappa shape index (κ2) is 9.28. The zero-order valence-corrected chi connectivity index (χ0v) is 19.6. The summed E-state index contributed by atoms with van der Waals surface area (Å²) in [6.07, 6.45) is 13.2. The third-order valence-electron chi connectivity index (χ3n) is 8.42. The number of halogens is 1. The Hall–Kier alpha value is -0.930. The van der Waals surface area contributed by atoms with Crippen LogP contribution in [-0.4, -0.2) is 28.1 Å². The molecule has 3 saturated carbocycles. The lowest BCUT2D eigenvalue weighted by atomic mass is 9.60. The first-order valence-corrected chi connectivity index (χ1v) is 12.1. The fourth-order valence-corrected chi connectivity index (χ4v) is 6.72. The highest BCUT2D eigenvalue weighted by Gasteiger charge is 2.50. The summed E-state index contributed by atoms with van der Waals surface area (Å²) in [5, 5.41) is 20.1. The Morgan fingerprint density at radius 2 is 2.00 bits per heavy atom. The van der Waals surface area contributed by atoms with E-state index in [1.54, 1.807) is 13.8 Å². The third kappa shape index (κ3) is 5.27. The topological polar surface area (TPSA) is 40.5 Å². The molecule has 2 nitrogen and oxygen atoms in total. The monoisotopic (exact) mass is 418 g/mol. The molecule has 3 aliphatic rings. The van der Waals surface area contributed by atoms with Crippen LogP contribution in [0.1, 0.15) is 91.9 Å². The first-order valence-electron chi connectivity index (χ1n) is 12.1. The van der Waals surface area contributed by atoms with Crippen molar-refractivity contribution in [3.8, 4) is 0 Å². The van der Waals surface area contributed by atoms with Gasteiger partial charge >= 0.3 is 0 Å². The second-order valence-electron chi connectivity index (χ2n) is 11.3. The average molecular weight is 419 g/mol. The molecule has 0 aromatic carbocycles. The summed E-state index contributed by atoms with van der Waals surface area (Å²) in [5.74, 6) is 1.98. The molecule has 170 valence electrons. The van der Waals surface area contributed by atoms with Crippen LogP contribution >= 0.6 is 0 Å². The van der Waals surface area contributed by atoms with E-state index >= 15 is 0 Å². The van der Waals surface area contributed by atoms with Crippen LogP contribution in [0.15, 0.2) is 35.5 Å². The van der Waals surface area contributed by atoms with Gasteiger partial charge in [0.2, 0.25) is 0 Å². The summed E-state index contributed by atoms with van der Waals surface area (Å²) in [4.78, 5) is 0. The molecule has 0 unspecified atom stereocenters. The molecule has 0 radical (unpaired) electrons. The quantitative estimate of drug-likeness (QED) is 0.505. The Labute approximate surface area is 183 Å². The van der Waals surface area contributed by atoms with E-state index in [1.165, 1.54) is 31.3 Å². The van der Waals surface area contributed by atoms with E-state index < -0.39 is 17.9 Å². The third-order valence-corrected chi connectivity index (χ3v) is 8.42. The van der Waals surface area contributed by atoms with Gasteiger partial charge < -0.3 is 10.2 Å². The highest BCUT2D eigenvalue weighted by atomic mass is 19.1. The van der Waals surface area contributed by atoms with Crippen molar-refractivity contribution in [1.82, 2.24) is 0 Å². The Bertz CT molecular complexity index is 685. The van der Waals surface area contributed by atoms with Gasteiger partial charge in [-0.2, -0.15) is 0 Å². The molecule has 3 fully saturated rings. The standard InChI is InChI=1S/C27H43FO2/c1-18(8-6-14-26(3,4)28)23-12-13-24-20(9-7-15-27(23,24)5)10-11-21-16-22(29)17-25(30)19(21)2/h10-11,18,22-25,29-30H,2,6-9,12-17H2,1,3-5H3/b20-10+,21-11-/t18-,22-,23-,24+,25+,27-/m1/s1. The predicted octanol–water partition coefficient (Wildman–Crippen LogP) is 6.68. The zero-order chi connectivity index (χ0) is 22.1. The summed E-state index contributed by atoms with van der Waals surface area (Å²) in [6.45, 7) is 12.3. The Morgan fingerprint density at radius 1 is 1.27 bits per heavy atom. The van der Waals surface area contributed by atoms with Gasteiger partial charge in [0.1, 0.15) is 5.67 Å². The number of hydrogen-bond acceptors (Lipinski definition) is 2. The molecule has 0 heterocycles. The lowest BCUT2D eigenvalue weighted by molar-refractivity contribution is 0.0860. The van der Waals surface area contributed by atoms with E-state index in [4.69, 9.17) is 0 Å². The van der Waals surface area contributed by atoms with Crippen molar-refractivity contribution in [3.05, 3.63) is 35.5 Å². The van der Waals surface area contributed by atoms with Gasteiger partial charge in [-0.05, 0) is 93.1 Å². The van der Waals surface area contributed by atoms with E-state index in [0.29, 0.717) is 36.5 Å². The highest BCUT2D eigenvalue weighted by Crippen LogP contribution is 2.60. The van der Waals surface area contributed by atoms with E-state index in [0.717, 1.165) is 36.3 Å². The normalized spacial score (nSPS) is 38.8. The van der Waals surface area contributed by atoms with Gasteiger partial charge in [-0.1, -0.05) is 51.0 Å². The Kier molecular flexibility index (Phi) is 7.34. The van der Waals surface area contributed by atoms with Gasteiger partial charge in [0.15, 0.2) is 0 Å². The summed E-state index contributed by atoms with van der Waals surface area (Å²) < 4.78 is 13.9. The number of aliphatic hydroxyl groups is 2. The molecule has 30 heavy (non-hydrogen) atoms. The Balaban J connectivity index is 1.70. The summed E-state index contributed by atoms with van der Waals surface area (Å²) >= 11 is 0. The number of aliphatic hydroxyl groups excluding tert-OH is 2. The van der Waals surface area contributed by atoms with Gasteiger partial charge in [-0.15, -0.1) is 0 Å². The number of hydrogen-bond donors (Lipinski definition) is 2. The number of alkyl halides is 1. The molecule has 2 N–H and O–H groups in total. The smallest absolute Gasteiger partial charge is 0.105 e. The minimum atomic E-state index is -1.06. The van der Waals surface area contributed by atoms with Gasteiger partial charge in [0.25, 0.3) is 0 Å². The molecule has 3 heteroatoms. The maximum atomic E-state index is 13.9. The van der Waals surface area contributed by atoms with Crippen LogP contribution in [-0.2, 0) is 0 Å². The van der Waals surface area contributed by atoms with Gasteiger partial charge in [0.05, 0.1) is 12.2 Å². The van der Waals surface area contributed by atoms with Crippen LogP contribution < -0.4 is 0 Å². The van der Waals surface area contributed by atoms with Crippen molar-refractivity contribution in [3.63, 3.8) is 0 Å². The number of rotatable bonds is 6. The summed E-state index contributed by atoms with van der Waals surface area (Å²) in [5.41, 5.74) is 2.59. The largest absolute Gasteiger partial charge is 0.393 e. The molecular formula is C27H43FO2. The van der Waals surface area contributed by atoms with E-state index in [2.05, 4.69) is 32.6 Å². The molecule has 0 aliphatic heterocycles. The van der Waals surface area contributed by atoms with Crippen molar-refractivity contribution in [2.75, 3.05) is 0 Å². The lowest BCUT2D eigenvalue weighted by Gasteiger charge is -2.44. The fourth-order valence-electron chi connectivity index (χ4n) is 6.72. The maximum Gasteiger partial charge on any atom is 0.105 e. The van der Waals surface area contributed by atoms with Crippen LogP contribution in [0.25, 0.3) is 0 Å². The molecule has 0 aromatic rings. The van der Waals surface area contributed by atoms with Crippen LogP contribution in [0.2, 0.25) is 0 Å². The van der Waals surface area contributed by atoms with Gasteiger partial charge in [-0.25, -0.2) is 4.39 Å². The zero-order valence-electron chi connectivity index (χ0n) is 19.6. The van der Waals surface area contributed by atoms with Crippen molar-refractivity contribution >= 4 is 0 Å². The first-order chi connectivity index (χ1) is 14.0. The van der Waals surface area contributed by atoms with E-state index in [1.807, 2.05) is 0 Å². The fraction of sp³-hybridized carbons (Fsp3) is 0.778. The van der Waals surface area contributed by atoms with Crippen molar-refractivity contribution in [1.29, 1.82) is 0 Å². The molecule has 3 rings (SSSR count). The summed E-state index contributed by atoms with van der Waals surface area (Å²) in [6, 6.07) is 0. The molecule has 0 amide bonds. The van der Waals surface area contributed by atoms with Crippen molar-refractivity contribution < 1.29 is 14.6 Å². The molecule has 6 atom stereocenters. The molecule has 3 aliphatic carbocycles. The molecule has 0 aromatic heterocycles. The van der Waals surface area contributed by atoms with Crippen LogP contribution in [0, 0.1) is 23.2 Å². The SMILES string of the molecule is C=C1/C(=C\C=C2/CCC[C@]3(C)[C@@H]([C@H](C)CCCC(C)(C)F)CC[C@@H]23)C[C@@H](O)C[C@@H]1O. The van der Waals surface area contributed by atoms with Crippen LogP contribution in [0.3, 0.4) is 0 Å². The lowest BCUT2D eigenvalue weighted by Crippen LogP contribution is -2.36. The molecular weight excluding hydrogens is 375 g/mol. The van der Waals surface area contributed by atoms with Crippen molar-refractivity contribution in [2.45, 2.75) is 110 Å². The highest BCUT2D eigenvalue weighted by molar-refractivity contribution is 5.38. The van der Waals surface area contributed by atoms with Crippen LogP contribution in [0.4, 0.5) is 4.39 Å². The van der Waals surface area contributed by atoms with Gasteiger partial charge in [-0.3, -0.25) is 0 Å². The van der Waals surface area contributed by atoms with E-state index in [9.17, 15) is 14.6 Å². The van der Waals surface area contributed by atoms with Crippen LogP contribution in [0.5, 0.6) is 0 Å². The first kappa shape index (κ1) is 23.7. The number of allylic oxidation sites excluding steroid dienone is 3. The van der Waals surface area contributed by atoms with E-state index in [-0.39, 0.29) is 0 Å². The second-order valence-corrected chi connectivity index (χ2v) is 11.3. The predicted molar refractivity (Wildman–Crippen MR) is 123 cm³/mol.